The number of hydrogen-bond acceptors (Lipinski definition) is 3. The second-order valence-corrected chi connectivity index (χ2v) is 4.35. The van der Waals surface area contributed by atoms with Gasteiger partial charge in [0, 0.05) is 45.9 Å². The summed E-state index contributed by atoms with van der Waals surface area (Å²) in [6.45, 7) is 2.12. The maximum atomic E-state index is 12.0. The van der Waals surface area contributed by atoms with Gasteiger partial charge < -0.3 is 27.0 Å². The number of carbonyl (C=O) groups excluding carboxylic acids is 1. The molecule has 95 valence electrons. The van der Waals surface area contributed by atoms with Crippen LogP contribution in [0.25, 0.3) is 5.32 Å². The van der Waals surface area contributed by atoms with Crippen molar-refractivity contribution in [3.63, 3.8) is 0 Å². The van der Waals surface area contributed by atoms with Crippen LogP contribution in [-0.2, 0) is 37.3 Å². The molecule has 0 aliphatic carbocycles. The normalized spacial score (nSPS) is 27.0. The van der Waals surface area contributed by atoms with Crippen LogP contribution in [0.2, 0.25) is 0 Å². The number of amides is 1. The topological polar surface area (TPSA) is 52.2 Å². The van der Waals surface area contributed by atoms with Crippen molar-refractivity contribution in [2.75, 3.05) is 20.1 Å². The van der Waals surface area contributed by atoms with Crippen molar-refractivity contribution in [2.24, 2.45) is 0 Å². The summed E-state index contributed by atoms with van der Waals surface area (Å²) in [6.07, 6.45) is 4.50. The molecular weight excluding hydrogens is 390 g/mol. The van der Waals surface area contributed by atoms with E-state index < -0.39 is 5.54 Å². The minimum atomic E-state index is -0.459. The van der Waals surface area contributed by atoms with Gasteiger partial charge >= 0.3 is 0 Å². The molecule has 0 bridgehead atoms. The fraction of sp³-hybridized carbons (Fsp3) is 0.545. The third kappa shape index (κ3) is 1.95. The first-order valence-corrected chi connectivity index (χ1v) is 5.15. The Balaban J connectivity index is 0.000000722. The van der Waals surface area contributed by atoms with E-state index in [1.54, 1.807) is 6.20 Å². The molecule has 1 atom stereocenters. The van der Waals surface area contributed by atoms with E-state index in [0.29, 0.717) is 6.54 Å². The summed E-state index contributed by atoms with van der Waals surface area (Å²) in [7, 11) is 2.03. The largest absolute Gasteiger partial charge is 0.645 e. The fourth-order valence-electron chi connectivity index (χ4n) is 2.59. The molecule has 0 N–H and O–H groups in total. The molecular formula is C11H16N4ORe-2. The smallest absolute Gasteiger partial charge is 0.101 e. The van der Waals surface area contributed by atoms with Crippen molar-refractivity contribution in [1.82, 2.24) is 14.5 Å². The van der Waals surface area contributed by atoms with Crippen LogP contribution in [-0.4, -0.2) is 40.5 Å². The van der Waals surface area contributed by atoms with Gasteiger partial charge in [0.2, 0.25) is 0 Å². The molecule has 0 saturated carbocycles. The van der Waals surface area contributed by atoms with Crippen LogP contribution in [0.4, 0.5) is 0 Å². The summed E-state index contributed by atoms with van der Waals surface area (Å²) in [4.78, 5) is 18.4. The Morgan fingerprint density at radius 2 is 2.29 bits per heavy atom. The third-order valence-electron chi connectivity index (χ3n) is 3.38. The summed E-state index contributed by atoms with van der Waals surface area (Å²) in [5.74, 6) is 0.919. The van der Waals surface area contributed by atoms with Crippen LogP contribution in [0.5, 0.6) is 0 Å². The van der Waals surface area contributed by atoms with E-state index in [2.05, 4.69) is 15.2 Å². The van der Waals surface area contributed by atoms with Gasteiger partial charge in [0.15, 0.2) is 0 Å². The van der Waals surface area contributed by atoms with E-state index >= 15 is 0 Å². The minimum absolute atomic E-state index is 0. The number of likely N-dealkylation sites (tertiary alicyclic amines) is 1. The molecule has 17 heavy (non-hydrogen) atoms. The number of likely N-dealkylation sites (N-methyl/N-ethyl adjacent to an activating group) is 1. The Labute approximate surface area is 115 Å². The second kappa shape index (κ2) is 4.89. The van der Waals surface area contributed by atoms with Gasteiger partial charge in [-0.25, -0.2) is 4.98 Å². The number of imidazole rings is 1. The summed E-state index contributed by atoms with van der Waals surface area (Å²) in [5, 5.41) is 4.06. The van der Waals surface area contributed by atoms with E-state index in [1.807, 2.05) is 17.8 Å². The van der Waals surface area contributed by atoms with Gasteiger partial charge in [-0.05, 0) is 13.5 Å². The Bertz CT molecular complexity index is 419. The number of nitrogens with zero attached hydrogens (tertiary/aromatic N) is 4. The van der Waals surface area contributed by atoms with E-state index in [-0.39, 0.29) is 33.8 Å². The SMILES string of the molecule is CN1CCC2(C1)C(=O)[N-]Cc1nccn12.[CH3-].[Re]. The van der Waals surface area contributed by atoms with Crippen LogP contribution < -0.4 is 0 Å². The van der Waals surface area contributed by atoms with Gasteiger partial charge in [0.1, 0.15) is 5.54 Å². The molecule has 1 fully saturated rings. The molecule has 1 amide bonds. The van der Waals surface area contributed by atoms with E-state index in [0.717, 1.165) is 25.3 Å². The first-order chi connectivity index (χ1) is 7.22. The van der Waals surface area contributed by atoms with Crippen molar-refractivity contribution in [1.29, 1.82) is 0 Å². The van der Waals surface area contributed by atoms with Crippen LogP contribution in [0.15, 0.2) is 12.4 Å². The number of rotatable bonds is 0. The maximum Gasteiger partial charge on any atom is 0.101 e. The number of hydrogen-bond donors (Lipinski definition) is 0. The van der Waals surface area contributed by atoms with Gasteiger partial charge in [-0.1, -0.05) is 6.54 Å². The number of fused-ring (bicyclic) bond motifs is 2. The Kier molecular flexibility index (Phi) is 4.13. The summed E-state index contributed by atoms with van der Waals surface area (Å²) in [6, 6.07) is 0. The van der Waals surface area contributed by atoms with Gasteiger partial charge in [-0.2, -0.15) is 0 Å². The fourth-order valence-corrected chi connectivity index (χ4v) is 2.59. The summed E-state index contributed by atoms with van der Waals surface area (Å²) in [5.41, 5.74) is -0.459. The predicted molar refractivity (Wildman–Crippen MR) is 60.8 cm³/mol. The first-order valence-electron chi connectivity index (χ1n) is 5.15. The van der Waals surface area contributed by atoms with Crippen LogP contribution in [0, 0.1) is 7.43 Å². The zero-order valence-electron chi connectivity index (χ0n) is 10.1. The average molecular weight is 406 g/mol. The van der Waals surface area contributed by atoms with Crippen molar-refractivity contribution >= 4 is 5.91 Å². The zero-order valence-corrected chi connectivity index (χ0v) is 12.8. The molecule has 1 radical (unpaired) electrons. The van der Waals surface area contributed by atoms with Crippen molar-refractivity contribution in [3.8, 4) is 0 Å². The van der Waals surface area contributed by atoms with Gasteiger partial charge in [-0.3, -0.25) is 0 Å². The van der Waals surface area contributed by atoms with Crippen molar-refractivity contribution in [2.45, 2.75) is 18.5 Å². The predicted octanol–water partition coefficient (Wildman–Crippen LogP) is 0.776. The minimum Gasteiger partial charge on any atom is -0.645 e. The zero-order chi connectivity index (χ0) is 10.5. The molecule has 1 saturated heterocycles. The molecule has 3 rings (SSSR count). The summed E-state index contributed by atoms with van der Waals surface area (Å²) < 4.78 is 2.02. The Morgan fingerprint density at radius 3 is 2.94 bits per heavy atom. The Hall–Kier alpha value is -0.698. The monoisotopic (exact) mass is 407 g/mol. The maximum absolute atomic E-state index is 12.0. The quantitative estimate of drug-likeness (QED) is 0.599. The molecule has 5 nitrogen and oxygen atoms in total. The average Bonchev–Trinajstić information content (AvgIpc) is 2.80. The molecule has 3 heterocycles. The molecule has 1 unspecified atom stereocenters. The number of carbonyl (C=O) groups is 1. The molecule has 2 aliphatic rings. The van der Waals surface area contributed by atoms with Crippen LogP contribution in [0.1, 0.15) is 12.2 Å². The Morgan fingerprint density at radius 1 is 1.53 bits per heavy atom. The van der Waals surface area contributed by atoms with Crippen molar-refractivity contribution < 1.29 is 25.2 Å². The molecule has 2 aliphatic heterocycles. The first kappa shape index (κ1) is 14.4. The van der Waals surface area contributed by atoms with Gasteiger partial charge in [0.05, 0.1) is 11.7 Å². The van der Waals surface area contributed by atoms with E-state index in [4.69, 9.17) is 0 Å². The van der Waals surface area contributed by atoms with E-state index in [9.17, 15) is 4.79 Å². The molecule has 1 spiro atoms. The standard InChI is InChI=1S/C10H14N4O.CH3.Re/c1-13-4-2-10(7-13)9(15)12-6-8-11-3-5-14(8)10;;/h3,5H,2,4,6-7H2,1H3,(H,12,15);1H3;/q;-1;/p-1. The molecule has 6 heteroatoms. The molecule has 1 aromatic heterocycles. The molecule has 1 aromatic rings. The molecule has 0 aromatic carbocycles. The van der Waals surface area contributed by atoms with Crippen molar-refractivity contribution in [3.05, 3.63) is 31.0 Å². The second-order valence-electron chi connectivity index (χ2n) is 4.35. The summed E-state index contributed by atoms with van der Waals surface area (Å²) >= 11 is 0. The van der Waals surface area contributed by atoms with Crippen LogP contribution >= 0.6 is 0 Å². The van der Waals surface area contributed by atoms with Gasteiger partial charge in [0.25, 0.3) is 0 Å². The third-order valence-corrected chi connectivity index (χ3v) is 3.38. The van der Waals surface area contributed by atoms with Gasteiger partial charge in [-0.15, -0.1) is 0 Å². The van der Waals surface area contributed by atoms with E-state index in [1.165, 1.54) is 0 Å². The number of aromatic nitrogens is 2. The van der Waals surface area contributed by atoms with Crippen LogP contribution in [0.3, 0.4) is 0 Å².